The smallest absolute Gasteiger partial charge is 0.417 e. The lowest BCUT2D eigenvalue weighted by atomic mass is 9.90. The van der Waals surface area contributed by atoms with E-state index < -0.39 is 23.7 Å². The number of halogens is 4. The van der Waals surface area contributed by atoms with E-state index in [1.54, 1.807) is 13.0 Å². The maximum Gasteiger partial charge on any atom is 0.417 e. The predicted molar refractivity (Wildman–Crippen MR) is 124 cm³/mol. The van der Waals surface area contributed by atoms with Gasteiger partial charge < -0.3 is 4.74 Å². The highest BCUT2D eigenvalue weighted by Gasteiger charge is 2.34. The molecule has 0 amide bonds. The predicted octanol–water partition coefficient (Wildman–Crippen LogP) is 7.06. The van der Waals surface area contributed by atoms with Gasteiger partial charge in [-0.15, -0.1) is 5.92 Å². The molecule has 3 nitrogen and oxygen atoms in total. The van der Waals surface area contributed by atoms with E-state index >= 15 is 0 Å². The average molecular weight is 481 g/mol. The molecule has 35 heavy (non-hydrogen) atoms. The Kier molecular flexibility index (Phi) is 6.93. The van der Waals surface area contributed by atoms with Gasteiger partial charge in [0.15, 0.2) is 0 Å². The minimum absolute atomic E-state index is 0.0273. The van der Waals surface area contributed by atoms with Crippen LogP contribution in [0.5, 0.6) is 5.75 Å². The van der Waals surface area contributed by atoms with E-state index in [1.165, 1.54) is 31.2 Å². The Morgan fingerprint density at radius 2 is 1.94 bits per heavy atom. The van der Waals surface area contributed by atoms with Gasteiger partial charge in [0.1, 0.15) is 29.1 Å². The Hall–Kier alpha value is -3.66. The summed E-state index contributed by atoms with van der Waals surface area (Å²) in [6.07, 6.45) is -4.03. The average Bonchev–Trinajstić information content (AvgIpc) is 2.83. The van der Waals surface area contributed by atoms with Crippen LogP contribution in [-0.2, 0) is 17.4 Å². The zero-order valence-electron chi connectivity index (χ0n) is 19.2. The van der Waals surface area contributed by atoms with Gasteiger partial charge in [-0.05, 0) is 62.1 Å². The molecule has 0 saturated carbocycles. The van der Waals surface area contributed by atoms with Crippen molar-refractivity contribution >= 4 is 5.78 Å². The summed E-state index contributed by atoms with van der Waals surface area (Å²) in [6.45, 7) is 3.25. The second-order valence-electron chi connectivity index (χ2n) is 8.47. The molecule has 2 atom stereocenters. The molecule has 0 aliphatic carbocycles. The molecule has 0 radical (unpaired) electrons. The maximum atomic E-state index is 14.7. The molecule has 180 valence electrons. The molecule has 3 aromatic rings. The van der Waals surface area contributed by atoms with Crippen LogP contribution in [-0.4, -0.2) is 10.8 Å². The van der Waals surface area contributed by atoms with Gasteiger partial charge in [0.25, 0.3) is 0 Å². The van der Waals surface area contributed by atoms with E-state index in [1.807, 2.05) is 12.1 Å². The Morgan fingerprint density at radius 3 is 2.66 bits per heavy atom. The van der Waals surface area contributed by atoms with E-state index in [2.05, 4.69) is 16.8 Å². The number of pyridine rings is 1. The van der Waals surface area contributed by atoms with Gasteiger partial charge >= 0.3 is 6.18 Å². The first kappa shape index (κ1) is 24.5. The number of hydrogen-bond acceptors (Lipinski definition) is 3. The van der Waals surface area contributed by atoms with Crippen molar-refractivity contribution in [3.8, 4) is 28.8 Å². The number of alkyl halides is 3. The number of hydrogen-bond donors (Lipinski definition) is 0. The fourth-order valence-electron chi connectivity index (χ4n) is 4.32. The van der Waals surface area contributed by atoms with Gasteiger partial charge in [-0.2, -0.15) is 13.2 Å². The highest BCUT2D eigenvalue weighted by molar-refractivity contribution is 5.77. The number of carbonyl (C=O) groups is 1. The van der Waals surface area contributed by atoms with Crippen molar-refractivity contribution < 1.29 is 27.1 Å². The van der Waals surface area contributed by atoms with Crippen LogP contribution in [0.3, 0.4) is 0 Å². The molecule has 0 fully saturated rings. The summed E-state index contributed by atoms with van der Waals surface area (Å²) in [5, 5.41) is 0. The molecule has 0 saturated heterocycles. The molecular formula is C28H23F4NO2. The fraction of sp³-hybridized carbons (Fsp3) is 0.286. The van der Waals surface area contributed by atoms with Crippen molar-refractivity contribution in [2.24, 2.45) is 0 Å². The number of carbonyl (C=O) groups excluding carboxylic acids is 1. The topological polar surface area (TPSA) is 39.2 Å². The van der Waals surface area contributed by atoms with Gasteiger partial charge in [-0.25, -0.2) is 9.37 Å². The van der Waals surface area contributed by atoms with Crippen molar-refractivity contribution in [1.29, 1.82) is 0 Å². The van der Waals surface area contributed by atoms with Crippen LogP contribution in [0.15, 0.2) is 54.6 Å². The van der Waals surface area contributed by atoms with E-state index in [4.69, 9.17) is 4.74 Å². The quantitative estimate of drug-likeness (QED) is 0.289. The van der Waals surface area contributed by atoms with E-state index in [0.717, 1.165) is 23.3 Å². The highest BCUT2D eigenvalue weighted by Crippen LogP contribution is 2.39. The van der Waals surface area contributed by atoms with Crippen LogP contribution in [0.25, 0.3) is 11.3 Å². The summed E-state index contributed by atoms with van der Waals surface area (Å²) >= 11 is 0. The largest absolute Gasteiger partial charge is 0.484 e. The van der Waals surface area contributed by atoms with Gasteiger partial charge in [-0.1, -0.05) is 36.3 Å². The summed E-state index contributed by atoms with van der Waals surface area (Å²) < 4.78 is 61.2. The lowest BCUT2D eigenvalue weighted by molar-refractivity contribution is -0.137. The third-order valence-electron chi connectivity index (χ3n) is 5.93. The van der Waals surface area contributed by atoms with Crippen LogP contribution in [0, 0.1) is 17.7 Å². The van der Waals surface area contributed by atoms with Crippen LogP contribution >= 0.6 is 0 Å². The van der Waals surface area contributed by atoms with Gasteiger partial charge in [-0.3, -0.25) is 4.79 Å². The molecule has 1 aliphatic heterocycles. The first-order valence-corrected chi connectivity index (χ1v) is 11.2. The molecule has 1 aliphatic rings. The summed E-state index contributed by atoms with van der Waals surface area (Å²) in [5.74, 6) is 5.67. The molecule has 2 heterocycles. The van der Waals surface area contributed by atoms with Gasteiger partial charge in [0, 0.05) is 12.0 Å². The van der Waals surface area contributed by atoms with Crippen LogP contribution < -0.4 is 4.74 Å². The standard InChI is InChI=1S/C28H23F4NO2/c1-3-6-18(15-17(2)34)19-9-13-25-20(16-19)10-14-26(35-25)27-23(29)11-12-24(33-27)21-7-4-5-8-22(21)28(30,31)32/h4-5,7-9,11-13,16,18,26H,10,14-15H2,1-2H3. The van der Waals surface area contributed by atoms with Gasteiger partial charge in [0.05, 0.1) is 17.2 Å². The number of ketones is 1. The van der Waals surface area contributed by atoms with Crippen molar-refractivity contribution in [3.63, 3.8) is 0 Å². The summed E-state index contributed by atoms with van der Waals surface area (Å²) in [5.41, 5.74) is 0.873. The zero-order valence-corrected chi connectivity index (χ0v) is 19.2. The second kappa shape index (κ2) is 9.91. The number of Topliss-reactive ketones (excluding diaryl/α,β-unsaturated/α-hetero) is 1. The van der Waals surface area contributed by atoms with Crippen molar-refractivity contribution in [3.05, 3.63) is 82.8 Å². The Balaban J connectivity index is 1.64. The second-order valence-corrected chi connectivity index (χ2v) is 8.47. The summed E-state index contributed by atoms with van der Waals surface area (Å²) in [6, 6.07) is 13.0. The van der Waals surface area contributed by atoms with Crippen molar-refractivity contribution in [2.75, 3.05) is 0 Å². The fourth-order valence-corrected chi connectivity index (χ4v) is 4.32. The van der Waals surface area contributed by atoms with Crippen LogP contribution in [0.1, 0.15) is 61.1 Å². The number of aromatic nitrogens is 1. The van der Waals surface area contributed by atoms with Gasteiger partial charge in [0.2, 0.25) is 0 Å². The third kappa shape index (κ3) is 5.37. The Morgan fingerprint density at radius 1 is 1.17 bits per heavy atom. The van der Waals surface area contributed by atoms with E-state index in [9.17, 15) is 22.4 Å². The minimum atomic E-state index is -4.56. The third-order valence-corrected chi connectivity index (χ3v) is 5.93. The number of benzene rings is 2. The molecule has 0 bridgehead atoms. The molecule has 0 N–H and O–H groups in total. The molecule has 2 unspecified atom stereocenters. The molecule has 0 spiro atoms. The SMILES string of the molecule is CC#CC(CC(C)=O)c1ccc2c(c1)CCC(c1nc(-c3ccccc3C(F)(F)F)ccc1F)O2. The normalized spacial score (nSPS) is 15.9. The highest BCUT2D eigenvalue weighted by atomic mass is 19.4. The minimum Gasteiger partial charge on any atom is -0.484 e. The van der Waals surface area contributed by atoms with E-state index in [0.29, 0.717) is 25.0 Å². The van der Waals surface area contributed by atoms with Crippen molar-refractivity contribution in [2.45, 2.75) is 51.3 Å². The number of rotatable bonds is 5. The monoisotopic (exact) mass is 481 g/mol. The molecule has 4 rings (SSSR count). The molecule has 2 aromatic carbocycles. The van der Waals surface area contributed by atoms with Crippen molar-refractivity contribution in [1.82, 2.24) is 4.98 Å². The first-order valence-electron chi connectivity index (χ1n) is 11.2. The number of ether oxygens (including phenoxy) is 1. The number of nitrogens with zero attached hydrogens (tertiary/aromatic N) is 1. The maximum absolute atomic E-state index is 14.7. The first-order chi connectivity index (χ1) is 16.7. The molecular weight excluding hydrogens is 458 g/mol. The Bertz CT molecular complexity index is 1320. The number of fused-ring (bicyclic) bond motifs is 1. The molecule has 7 heteroatoms. The van der Waals surface area contributed by atoms with Crippen LogP contribution in [0.2, 0.25) is 0 Å². The molecule has 1 aromatic heterocycles. The Labute approximate surface area is 201 Å². The van der Waals surface area contributed by atoms with Crippen LogP contribution in [0.4, 0.5) is 17.6 Å². The summed E-state index contributed by atoms with van der Waals surface area (Å²) in [4.78, 5) is 15.9. The lowest BCUT2D eigenvalue weighted by Crippen LogP contribution is -2.18. The number of aryl methyl sites for hydroxylation is 1. The van der Waals surface area contributed by atoms with E-state index in [-0.39, 0.29) is 28.7 Å². The zero-order chi connectivity index (χ0) is 25.2. The summed E-state index contributed by atoms with van der Waals surface area (Å²) in [7, 11) is 0. The lowest BCUT2D eigenvalue weighted by Gasteiger charge is -2.27.